The molecule has 0 bridgehead atoms. The van der Waals surface area contributed by atoms with Gasteiger partial charge in [0.1, 0.15) is 0 Å². The number of nitrogens with zero attached hydrogens (tertiary/aromatic N) is 3. The minimum absolute atomic E-state index is 0.00442. The summed E-state index contributed by atoms with van der Waals surface area (Å²) in [5, 5.41) is 6.07. The van der Waals surface area contributed by atoms with Crippen LogP contribution in [0, 0.1) is 0 Å². The first-order valence-electron chi connectivity index (χ1n) is 6.62. The quantitative estimate of drug-likeness (QED) is 0.794. The second kappa shape index (κ2) is 7.12. The Balaban J connectivity index is 2.25. The number of thioether (sulfide) groups is 1. The molecule has 7 heteroatoms. The second-order valence-electron chi connectivity index (χ2n) is 4.54. The number of anilines is 3. The van der Waals surface area contributed by atoms with E-state index < -0.39 is 0 Å². The Kier molecular flexibility index (Phi) is 5.21. The minimum Gasteiger partial charge on any atom is -0.461 e. The highest BCUT2D eigenvalue weighted by Gasteiger charge is 2.08. The number of ether oxygens (including phenoxy) is 1. The standard InChI is InChI=1S/C14H19N5OS/c1-9(2)20-14-18-12(15-3)17-13(19-14)16-10-6-5-7-11(8-10)21-4/h5-9H,1-4H3,(H2,15,16,17,18,19). The lowest BCUT2D eigenvalue weighted by molar-refractivity contribution is 0.222. The van der Waals surface area contributed by atoms with Crippen molar-refractivity contribution >= 4 is 29.3 Å². The van der Waals surface area contributed by atoms with E-state index >= 15 is 0 Å². The summed E-state index contributed by atoms with van der Waals surface area (Å²) >= 11 is 1.68. The first-order valence-corrected chi connectivity index (χ1v) is 7.84. The first-order chi connectivity index (χ1) is 10.1. The SMILES string of the molecule is CNc1nc(Nc2cccc(SC)c2)nc(OC(C)C)n1. The zero-order chi connectivity index (χ0) is 15.2. The molecule has 2 aromatic rings. The molecule has 2 rings (SSSR count). The van der Waals surface area contributed by atoms with Crippen molar-refractivity contribution in [1.82, 2.24) is 15.0 Å². The third kappa shape index (κ3) is 4.49. The molecule has 6 nitrogen and oxygen atoms in total. The normalized spacial score (nSPS) is 10.5. The van der Waals surface area contributed by atoms with Gasteiger partial charge in [-0.05, 0) is 38.3 Å². The molecule has 1 aromatic heterocycles. The predicted molar refractivity (Wildman–Crippen MR) is 86.6 cm³/mol. The lowest BCUT2D eigenvalue weighted by Crippen LogP contribution is -2.11. The molecule has 0 aliphatic heterocycles. The number of nitrogens with one attached hydrogen (secondary N) is 2. The Bertz CT molecular complexity index is 606. The van der Waals surface area contributed by atoms with Crippen LogP contribution in [-0.2, 0) is 0 Å². The zero-order valence-electron chi connectivity index (χ0n) is 12.5. The van der Waals surface area contributed by atoms with Crippen molar-refractivity contribution in [2.45, 2.75) is 24.8 Å². The van der Waals surface area contributed by atoms with Crippen LogP contribution in [0.3, 0.4) is 0 Å². The molecule has 2 N–H and O–H groups in total. The molecule has 0 atom stereocenters. The summed E-state index contributed by atoms with van der Waals surface area (Å²) in [5.74, 6) is 0.910. The molecule has 21 heavy (non-hydrogen) atoms. The summed E-state index contributed by atoms with van der Waals surface area (Å²) in [7, 11) is 1.76. The van der Waals surface area contributed by atoms with Crippen molar-refractivity contribution in [3.05, 3.63) is 24.3 Å². The summed E-state index contributed by atoms with van der Waals surface area (Å²) in [5.41, 5.74) is 0.922. The third-order valence-electron chi connectivity index (χ3n) is 2.51. The van der Waals surface area contributed by atoms with Crippen LogP contribution in [0.2, 0.25) is 0 Å². The predicted octanol–water partition coefficient (Wildman–Crippen LogP) is 3.17. The van der Waals surface area contributed by atoms with Crippen molar-refractivity contribution in [3.8, 4) is 6.01 Å². The van der Waals surface area contributed by atoms with Crippen molar-refractivity contribution in [1.29, 1.82) is 0 Å². The van der Waals surface area contributed by atoms with E-state index in [0.29, 0.717) is 17.9 Å². The van der Waals surface area contributed by atoms with Crippen molar-refractivity contribution in [2.75, 3.05) is 23.9 Å². The van der Waals surface area contributed by atoms with E-state index in [1.165, 1.54) is 4.90 Å². The van der Waals surface area contributed by atoms with Crippen molar-refractivity contribution in [3.63, 3.8) is 0 Å². The van der Waals surface area contributed by atoms with E-state index in [-0.39, 0.29) is 6.10 Å². The molecule has 0 radical (unpaired) electrons. The van der Waals surface area contributed by atoms with E-state index in [4.69, 9.17) is 4.74 Å². The van der Waals surface area contributed by atoms with Crippen LogP contribution in [0.5, 0.6) is 6.01 Å². The monoisotopic (exact) mass is 305 g/mol. The van der Waals surface area contributed by atoms with Gasteiger partial charge in [-0.15, -0.1) is 11.8 Å². The van der Waals surface area contributed by atoms with Gasteiger partial charge in [0.05, 0.1) is 6.10 Å². The van der Waals surface area contributed by atoms with Crippen LogP contribution < -0.4 is 15.4 Å². The molecule has 0 spiro atoms. The van der Waals surface area contributed by atoms with Gasteiger partial charge in [0, 0.05) is 17.6 Å². The maximum atomic E-state index is 5.53. The number of aromatic nitrogens is 3. The van der Waals surface area contributed by atoms with Gasteiger partial charge in [0.25, 0.3) is 0 Å². The van der Waals surface area contributed by atoms with E-state index in [1.54, 1.807) is 18.8 Å². The average Bonchev–Trinajstić information content (AvgIpc) is 2.46. The molecular formula is C14H19N5OS. The highest BCUT2D eigenvalue weighted by Crippen LogP contribution is 2.22. The van der Waals surface area contributed by atoms with Crippen LogP contribution in [-0.4, -0.2) is 34.4 Å². The highest BCUT2D eigenvalue weighted by molar-refractivity contribution is 7.98. The molecule has 0 saturated carbocycles. The fourth-order valence-corrected chi connectivity index (χ4v) is 2.08. The average molecular weight is 305 g/mol. The van der Waals surface area contributed by atoms with Gasteiger partial charge in [-0.2, -0.15) is 15.0 Å². The Labute approximate surface area is 128 Å². The second-order valence-corrected chi connectivity index (χ2v) is 5.42. The Morgan fingerprint density at radius 1 is 1.14 bits per heavy atom. The van der Waals surface area contributed by atoms with Gasteiger partial charge < -0.3 is 15.4 Å². The van der Waals surface area contributed by atoms with Crippen LogP contribution >= 0.6 is 11.8 Å². The van der Waals surface area contributed by atoms with E-state index in [1.807, 2.05) is 38.3 Å². The topological polar surface area (TPSA) is 72.0 Å². The van der Waals surface area contributed by atoms with Crippen LogP contribution in [0.1, 0.15) is 13.8 Å². The molecule has 1 heterocycles. The Morgan fingerprint density at radius 2 is 1.90 bits per heavy atom. The number of rotatable bonds is 6. The van der Waals surface area contributed by atoms with E-state index in [9.17, 15) is 0 Å². The van der Waals surface area contributed by atoms with Gasteiger partial charge in [0.15, 0.2) is 0 Å². The maximum Gasteiger partial charge on any atom is 0.323 e. The summed E-state index contributed by atoms with van der Waals surface area (Å²) in [6.07, 6.45) is 2.04. The lowest BCUT2D eigenvalue weighted by Gasteiger charge is -2.11. The molecule has 112 valence electrons. The number of hydrogen-bond acceptors (Lipinski definition) is 7. The highest BCUT2D eigenvalue weighted by atomic mass is 32.2. The first kappa shape index (κ1) is 15.4. The minimum atomic E-state index is 0.00442. The zero-order valence-corrected chi connectivity index (χ0v) is 13.4. The molecule has 0 fully saturated rings. The molecule has 0 saturated heterocycles. The summed E-state index contributed by atoms with van der Waals surface area (Å²) in [6.45, 7) is 3.86. The van der Waals surface area contributed by atoms with Crippen LogP contribution in [0.25, 0.3) is 0 Å². The Hall–Kier alpha value is -2.02. The largest absolute Gasteiger partial charge is 0.461 e. The maximum absolute atomic E-state index is 5.53. The number of hydrogen-bond donors (Lipinski definition) is 2. The Morgan fingerprint density at radius 3 is 2.57 bits per heavy atom. The molecular weight excluding hydrogens is 286 g/mol. The fraction of sp³-hybridized carbons (Fsp3) is 0.357. The van der Waals surface area contributed by atoms with Crippen molar-refractivity contribution in [2.24, 2.45) is 0 Å². The molecule has 1 aromatic carbocycles. The van der Waals surface area contributed by atoms with E-state index in [2.05, 4.69) is 31.7 Å². The lowest BCUT2D eigenvalue weighted by atomic mass is 10.3. The summed E-state index contributed by atoms with van der Waals surface area (Å²) in [6, 6.07) is 8.34. The molecule has 0 aliphatic rings. The van der Waals surface area contributed by atoms with Gasteiger partial charge in [-0.3, -0.25) is 0 Å². The van der Waals surface area contributed by atoms with Gasteiger partial charge in [-0.25, -0.2) is 0 Å². The van der Waals surface area contributed by atoms with Gasteiger partial charge in [-0.1, -0.05) is 6.07 Å². The van der Waals surface area contributed by atoms with Crippen molar-refractivity contribution < 1.29 is 4.74 Å². The molecule has 0 amide bonds. The smallest absolute Gasteiger partial charge is 0.323 e. The summed E-state index contributed by atoms with van der Waals surface area (Å²) < 4.78 is 5.53. The van der Waals surface area contributed by atoms with Crippen LogP contribution in [0.15, 0.2) is 29.2 Å². The van der Waals surface area contributed by atoms with Gasteiger partial charge >= 0.3 is 6.01 Å². The third-order valence-corrected chi connectivity index (χ3v) is 3.23. The molecule has 0 unspecified atom stereocenters. The number of benzene rings is 1. The van der Waals surface area contributed by atoms with Gasteiger partial charge in [0.2, 0.25) is 11.9 Å². The molecule has 0 aliphatic carbocycles. The fourth-order valence-electron chi connectivity index (χ4n) is 1.62. The van der Waals surface area contributed by atoms with E-state index in [0.717, 1.165) is 5.69 Å². The summed E-state index contributed by atoms with van der Waals surface area (Å²) in [4.78, 5) is 13.9. The van der Waals surface area contributed by atoms with Crippen LogP contribution in [0.4, 0.5) is 17.6 Å².